The summed E-state index contributed by atoms with van der Waals surface area (Å²) >= 11 is 3.21. The molecule has 2 aromatic rings. The van der Waals surface area contributed by atoms with Crippen molar-refractivity contribution in [1.29, 1.82) is 0 Å². The van der Waals surface area contributed by atoms with E-state index < -0.39 is 0 Å². The molecule has 0 aliphatic carbocycles. The Kier molecular flexibility index (Phi) is 3.19. The van der Waals surface area contributed by atoms with Gasteiger partial charge in [-0.3, -0.25) is 4.79 Å². The predicted octanol–water partition coefficient (Wildman–Crippen LogP) is 3.61. The molecule has 1 heterocycles. The van der Waals surface area contributed by atoms with Gasteiger partial charge in [-0.1, -0.05) is 12.1 Å². The van der Waals surface area contributed by atoms with Gasteiger partial charge in [0.05, 0.1) is 10.7 Å². The van der Waals surface area contributed by atoms with E-state index in [2.05, 4.69) is 15.9 Å². The zero-order valence-corrected chi connectivity index (χ0v) is 9.83. The van der Waals surface area contributed by atoms with Crippen LogP contribution in [-0.2, 0) is 6.42 Å². The molecule has 1 aromatic heterocycles. The summed E-state index contributed by atoms with van der Waals surface area (Å²) in [6.07, 6.45) is 1.56. The first-order valence-corrected chi connectivity index (χ1v) is 5.47. The molecule has 0 bridgehead atoms. The molecule has 0 saturated heterocycles. The van der Waals surface area contributed by atoms with Gasteiger partial charge in [-0.05, 0) is 39.7 Å². The maximum Gasteiger partial charge on any atom is 0.203 e. The first-order chi connectivity index (χ1) is 7.66. The summed E-state index contributed by atoms with van der Waals surface area (Å²) in [5.74, 6) is -0.254. The van der Waals surface area contributed by atoms with Crippen LogP contribution in [0.25, 0.3) is 0 Å². The maximum atomic E-state index is 12.9. The maximum absolute atomic E-state index is 12.9. The number of halogens is 2. The van der Waals surface area contributed by atoms with E-state index in [-0.39, 0.29) is 23.8 Å². The first-order valence-electron chi connectivity index (χ1n) is 4.67. The highest BCUT2D eigenvalue weighted by Crippen LogP contribution is 2.19. The number of hydrogen-bond acceptors (Lipinski definition) is 2. The van der Waals surface area contributed by atoms with Gasteiger partial charge in [-0.15, -0.1) is 0 Å². The molecule has 0 spiro atoms. The quantitative estimate of drug-likeness (QED) is 0.805. The van der Waals surface area contributed by atoms with Gasteiger partial charge >= 0.3 is 0 Å². The van der Waals surface area contributed by atoms with Crippen LogP contribution in [0.3, 0.4) is 0 Å². The molecule has 0 fully saturated rings. The van der Waals surface area contributed by atoms with Crippen molar-refractivity contribution in [3.05, 3.63) is 58.2 Å². The molecule has 2 rings (SSSR count). The molecule has 0 radical (unpaired) electrons. The van der Waals surface area contributed by atoms with E-state index in [1.54, 1.807) is 18.2 Å². The van der Waals surface area contributed by atoms with Gasteiger partial charge in [0.2, 0.25) is 5.78 Å². The average Bonchev–Trinajstić information content (AvgIpc) is 2.64. The number of carbonyl (C=O) groups excluding carboxylic acids is 1. The molecule has 0 N–H and O–H groups in total. The van der Waals surface area contributed by atoms with Gasteiger partial charge in [0.1, 0.15) is 5.82 Å². The van der Waals surface area contributed by atoms with Crippen LogP contribution in [0.1, 0.15) is 16.1 Å². The fraction of sp³-hybridized carbons (Fsp3) is 0.0833. The summed E-state index contributed by atoms with van der Waals surface area (Å²) in [6, 6.07) is 7.62. The highest BCUT2D eigenvalue weighted by atomic mass is 79.9. The Hall–Kier alpha value is -1.42. The van der Waals surface area contributed by atoms with Crippen molar-refractivity contribution >= 4 is 21.7 Å². The van der Waals surface area contributed by atoms with Crippen molar-refractivity contribution in [2.75, 3.05) is 0 Å². The Labute approximate surface area is 100 Å². The van der Waals surface area contributed by atoms with E-state index in [4.69, 9.17) is 4.42 Å². The van der Waals surface area contributed by atoms with E-state index in [0.29, 0.717) is 10.0 Å². The second-order valence-corrected chi connectivity index (χ2v) is 4.18. The number of hydrogen-bond donors (Lipinski definition) is 0. The third-order valence-corrected chi connectivity index (χ3v) is 2.75. The second-order valence-electron chi connectivity index (χ2n) is 3.33. The van der Waals surface area contributed by atoms with E-state index >= 15 is 0 Å². The minimum atomic E-state index is -0.344. The fourth-order valence-corrected chi connectivity index (χ4v) is 1.83. The Morgan fingerprint density at radius 1 is 1.38 bits per heavy atom. The standard InChI is InChI=1S/C12H8BrFO2/c13-10-4-5-16-12(10)11(15)7-8-2-1-3-9(14)6-8/h1-6H,7H2. The largest absolute Gasteiger partial charge is 0.460 e. The molecule has 1 aromatic carbocycles. The Morgan fingerprint density at radius 2 is 2.19 bits per heavy atom. The highest BCUT2D eigenvalue weighted by Gasteiger charge is 2.14. The topological polar surface area (TPSA) is 30.2 Å². The summed E-state index contributed by atoms with van der Waals surface area (Å²) in [6.45, 7) is 0. The van der Waals surface area contributed by atoms with Gasteiger partial charge in [0.25, 0.3) is 0 Å². The lowest BCUT2D eigenvalue weighted by atomic mass is 10.1. The Balaban J connectivity index is 2.17. The zero-order valence-electron chi connectivity index (χ0n) is 8.24. The van der Waals surface area contributed by atoms with E-state index in [1.165, 1.54) is 18.4 Å². The minimum Gasteiger partial charge on any atom is -0.460 e. The van der Waals surface area contributed by atoms with Gasteiger partial charge in [-0.25, -0.2) is 4.39 Å². The third kappa shape index (κ3) is 2.39. The SMILES string of the molecule is O=C(Cc1cccc(F)c1)c1occc1Br. The number of rotatable bonds is 3. The molecule has 0 unspecified atom stereocenters. The fourth-order valence-electron chi connectivity index (χ4n) is 1.41. The summed E-state index contributed by atoms with van der Waals surface area (Å²) in [5.41, 5.74) is 0.633. The van der Waals surface area contributed by atoms with Crippen molar-refractivity contribution in [3.63, 3.8) is 0 Å². The van der Waals surface area contributed by atoms with Gasteiger partial charge in [-0.2, -0.15) is 0 Å². The number of ketones is 1. The number of Topliss-reactive ketones (excluding diaryl/α,β-unsaturated/α-hetero) is 1. The molecule has 0 amide bonds. The average molecular weight is 283 g/mol. The molecule has 0 aliphatic rings. The smallest absolute Gasteiger partial charge is 0.203 e. The van der Waals surface area contributed by atoms with E-state index in [0.717, 1.165) is 0 Å². The highest BCUT2D eigenvalue weighted by molar-refractivity contribution is 9.10. The van der Waals surface area contributed by atoms with Crippen molar-refractivity contribution in [2.24, 2.45) is 0 Å². The van der Waals surface area contributed by atoms with Crippen LogP contribution in [0, 0.1) is 5.82 Å². The lowest BCUT2D eigenvalue weighted by molar-refractivity contribution is 0.0965. The monoisotopic (exact) mass is 282 g/mol. The van der Waals surface area contributed by atoms with Gasteiger partial charge in [0.15, 0.2) is 5.76 Å². The first kappa shape index (κ1) is 11.1. The van der Waals surface area contributed by atoms with Crippen LogP contribution in [-0.4, -0.2) is 5.78 Å². The molecule has 2 nitrogen and oxygen atoms in total. The molecular formula is C12H8BrFO2. The number of furan rings is 1. The summed E-state index contributed by atoms with van der Waals surface area (Å²) in [7, 11) is 0. The van der Waals surface area contributed by atoms with Crippen molar-refractivity contribution < 1.29 is 13.6 Å². The summed E-state index contributed by atoms with van der Waals surface area (Å²) in [4.78, 5) is 11.8. The Morgan fingerprint density at radius 3 is 2.81 bits per heavy atom. The minimum absolute atomic E-state index is 0.129. The lowest BCUT2D eigenvalue weighted by Crippen LogP contribution is -2.03. The van der Waals surface area contributed by atoms with Gasteiger partial charge in [0, 0.05) is 6.42 Å². The third-order valence-electron chi connectivity index (χ3n) is 2.12. The van der Waals surface area contributed by atoms with Crippen molar-refractivity contribution in [3.8, 4) is 0 Å². The van der Waals surface area contributed by atoms with E-state index in [1.807, 2.05) is 0 Å². The Bertz CT molecular complexity index is 519. The van der Waals surface area contributed by atoms with Crippen LogP contribution in [0.15, 0.2) is 45.5 Å². The summed E-state index contributed by atoms with van der Waals surface area (Å²) in [5, 5.41) is 0. The second kappa shape index (κ2) is 4.61. The summed E-state index contributed by atoms with van der Waals surface area (Å²) < 4.78 is 18.6. The van der Waals surface area contributed by atoms with Crippen LogP contribution in [0.2, 0.25) is 0 Å². The molecule has 82 valence electrons. The van der Waals surface area contributed by atoms with Crippen molar-refractivity contribution in [1.82, 2.24) is 0 Å². The zero-order chi connectivity index (χ0) is 11.5. The van der Waals surface area contributed by atoms with Crippen molar-refractivity contribution in [2.45, 2.75) is 6.42 Å². The van der Waals surface area contributed by atoms with Crippen LogP contribution in [0.4, 0.5) is 4.39 Å². The van der Waals surface area contributed by atoms with Crippen LogP contribution in [0.5, 0.6) is 0 Å². The van der Waals surface area contributed by atoms with E-state index in [9.17, 15) is 9.18 Å². The molecule has 0 atom stereocenters. The van der Waals surface area contributed by atoms with Crippen LogP contribution < -0.4 is 0 Å². The molecule has 0 aliphatic heterocycles. The molecule has 0 saturated carbocycles. The molecular weight excluding hydrogens is 275 g/mol. The van der Waals surface area contributed by atoms with Crippen LogP contribution >= 0.6 is 15.9 Å². The molecule has 4 heteroatoms. The lowest BCUT2D eigenvalue weighted by Gasteiger charge is -1.99. The molecule has 16 heavy (non-hydrogen) atoms. The normalized spacial score (nSPS) is 10.4. The van der Waals surface area contributed by atoms with Gasteiger partial charge < -0.3 is 4.42 Å². The number of carbonyl (C=O) groups is 1. The predicted molar refractivity (Wildman–Crippen MR) is 60.8 cm³/mol. The number of benzene rings is 1.